The smallest absolute Gasteiger partial charge is 0.0936 e. The van der Waals surface area contributed by atoms with E-state index in [1.54, 1.807) is 7.11 Å². The number of methoxy groups -OCH3 is 1. The number of aliphatic hydroxyl groups excluding tert-OH is 1. The Bertz CT molecular complexity index is 156. The summed E-state index contributed by atoms with van der Waals surface area (Å²) in [6.45, 7) is 3.66. The lowest BCUT2D eigenvalue weighted by molar-refractivity contribution is -0.151. The van der Waals surface area contributed by atoms with Gasteiger partial charge in [-0.3, -0.25) is 0 Å². The summed E-state index contributed by atoms with van der Waals surface area (Å²) >= 11 is 0. The van der Waals surface area contributed by atoms with Crippen LogP contribution in [0.4, 0.5) is 0 Å². The van der Waals surface area contributed by atoms with Gasteiger partial charge in [-0.25, -0.2) is 0 Å². The molecule has 2 nitrogen and oxygen atoms in total. The van der Waals surface area contributed by atoms with Crippen LogP contribution in [0.5, 0.6) is 0 Å². The fraction of sp³-hybridized carbons (Fsp3) is 0.818. The highest BCUT2D eigenvalue weighted by molar-refractivity contribution is 4.95. The number of hydrogen-bond donors (Lipinski definition) is 1. The molecule has 13 heavy (non-hydrogen) atoms. The Balaban J connectivity index is 2.27. The van der Waals surface area contributed by atoms with Crippen LogP contribution in [0.3, 0.4) is 0 Å². The Morgan fingerprint density at radius 3 is 2.69 bits per heavy atom. The highest BCUT2D eigenvalue weighted by atomic mass is 16.5. The number of hydrogen-bond acceptors (Lipinski definition) is 2. The fourth-order valence-corrected chi connectivity index (χ4v) is 1.92. The maximum Gasteiger partial charge on any atom is 0.0936 e. The molecule has 1 unspecified atom stereocenters. The number of unbranched alkanes of at least 4 members (excludes halogenated alkanes) is 1. The summed E-state index contributed by atoms with van der Waals surface area (Å²) in [5, 5.41) is 9.89. The molecule has 0 amide bonds. The Kier molecular flexibility index (Phi) is 3.94. The first kappa shape index (κ1) is 10.7. The molecule has 0 radical (unpaired) electrons. The van der Waals surface area contributed by atoms with Crippen LogP contribution >= 0.6 is 0 Å². The minimum absolute atomic E-state index is 0.207. The lowest BCUT2D eigenvalue weighted by Crippen LogP contribution is -2.49. The largest absolute Gasteiger partial charge is 0.390 e. The maximum atomic E-state index is 9.89. The average Bonchev–Trinajstić information content (AvgIpc) is 2.04. The first-order chi connectivity index (χ1) is 6.25. The normalized spacial score (nSPS) is 22.0. The molecule has 0 saturated heterocycles. The van der Waals surface area contributed by atoms with Gasteiger partial charge in [0.2, 0.25) is 0 Å². The Labute approximate surface area is 80.6 Å². The van der Waals surface area contributed by atoms with Crippen LogP contribution in [-0.2, 0) is 4.74 Å². The molecular formula is C11H20O2. The van der Waals surface area contributed by atoms with Crippen molar-refractivity contribution < 1.29 is 9.84 Å². The van der Waals surface area contributed by atoms with Gasteiger partial charge in [0.15, 0.2) is 0 Å². The van der Waals surface area contributed by atoms with E-state index in [-0.39, 0.29) is 11.7 Å². The molecule has 2 heteroatoms. The summed E-state index contributed by atoms with van der Waals surface area (Å²) in [4.78, 5) is 0. The molecule has 0 aliphatic heterocycles. The van der Waals surface area contributed by atoms with Gasteiger partial charge in [-0.15, -0.1) is 6.58 Å². The van der Waals surface area contributed by atoms with Crippen LogP contribution in [0, 0.1) is 0 Å². The minimum Gasteiger partial charge on any atom is -0.390 e. The Morgan fingerprint density at radius 2 is 2.31 bits per heavy atom. The third-order valence-corrected chi connectivity index (χ3v) is 3.10. The van der Waals surface area contributed by atoms with Crippen molar-refractivity contribution in [1.82, 2.24) is 0 Å². The predicted octanol–water partition coefficient (Wildman–Crippen LogP) is 2.27. The summed E-state index contributed by atoms with van der Waals surface area (Å²) < 4.78 is 5.39. The summed E-state index contributed by atoms with van der Waals surface area (Å²) in [6.07, 6.45) is 7.65. The van der Waals surface area contributed by atoms with E-state index in [9.17, 15) is 5.11 Å². The molecule has 0 aromatic rings. The van der Waals surface area contributed by atoms with Gasteiger partial charge in [0.25, 0.3) is 0 Å². The zero-order valence-electron chi connectivity index (χ0n) is 8.46. The molecule has 1 rings (SSSR count). The van der Waals surface area contributed by atoms with Crippen LogP contribution < -0.4 is 0 Å². The topological polar surface area (TPSA) is 29.5 Å². The van der Waals surface area contributed by atoms with Crippen molar-refractivity contribution in [2.75, 3.05) is 7.11 Å². The molecular weight excluding hydrogens is 164 g/mol. The molecule has 76 valence electrons. The lowest BCUT2D eigenvalue weighted by Gasteiger charge is -2.44. The van der Waals surface area contributed by atoms with Crippen molar-refractivity contribution in [1.29, 1.82) is 0 Å². The van der Waals surface area contributed by atoms with Crippen LogP contribution in [0.25, 0.3) is 0 Å². The van der Waals surface area contributed by atoms with Crippen molar-refractivity contribution in [3.05, 3.63) is 12.7 Å². The third kappa shape index (κ3) is 2.32. The molecule has 0 aromatic carbocycles. The molecule has 1 aliphatic carbocycles. The first-order valence-corrected chi connectivity index (χ1v) is 5.09. The van der Waals surface area contributed by atoms with Gasteiger partial charge in [-0.1, -0.05) is 6.08 Å². The van der Waals surface area contributed by atoms with Crippen LogP contribution in [0.1, 0.15) is 38.5 Å². The van der Waals surface area contributed by atoms with Gasteiger partial charge in [0.1, 0.15) is 0 Å². The van der Waals surface area contributed by atoms with Crippen molar-refractivity contribution in [3.8, 4) is 0 Å². The van der Waals surface area contributed by atoms with Gasteiger partial charge in [0, 0.05) is 7.11 Å². The van der Waals surface area contributed by atoms with Gasteiger partial charge < -0.3 is 9.84 Å². The molecule has 0 heterocycles. The molecule has 0 aromatic heterocycles. The second-order valence-corrected chi connectivity index (χ2v) is 3.86. The van der Waals surface area contributed by atoms with E-state index >= 15 is 0 Å². The number of aliphatic hydroxyl groups is 1. The molecule has 1 fully saturated rings. The molecule has 1 saturated carbocycles. The standard InChI is InChI=1S/C11H20O2/c1-3-4-5-7-10(12)11(13-2)8-6-9-11/h3,10,12H,1,4-9H2,2H3. The molecule has 0 bridgehead atoms. The van der Waals surface area contributed by atoms with Crippen LogP contribution in [-0.4, -0.2) is 23.9 Å². The van der Waals surface area contributed by atoms with E-state index in [0.29, 0.717) is 0 Å². The number of allylic oxidation sites excluding steroid dienone is 1. The third-order valence-electron chi connectivity index (χ3n) is 3.10. The van der Waals surface area contributed by atoms with Gasteiger partial charge >= 0.3 is 0 Å². The van der Waals surface area contributed by atoms with E-state index < -0.39 is 0 Å². The molecule has 1 aliphatic rings. The van der Waals surface area contributed by atoms with Gasteiger partial charge in [-0.2, -0.15) is 0 Å². The van der Waals surface area contributed by atoms with E-state index in [2.05, 4.69) is 6.58 Å². The quantitative estimate of drug-likeness (QED) is 0.507. The Hall–Kier alpha value is -0.340. The van der Waals surface area contributed by atoms with Gasteiger partial charge in [0.05, 0.1) is 11.7 Å². The Morgan fingerprint density at radius 1 is 1.62 bits per heavy atom. The monoisotopic (exact) mass is 184 g/mol. The molecule has 1 atom stereocenters. The zero-order valence-corrected chi connectivity index (χ0v) is 8.46. The SMILES string of the molecule is C=CCCCC(O)C1(OC)CCC1. The summed E-state index contributed by atoms with van der Waals surface area (Å²) in [5.41, 5.74) is -0.207. The summed E-state index contributed by atoms with van der Waals surface area (Å²) in [7, 11) is 1.70. The minimum atomic E-state index is -0.286. The summed E-state index contributed by atoms with van der Waals surface area (Å²) in [5.74, 6) is 0. The van der Waals surface area contributed by atoms with Crippen molar-refractivity contribution in [3.63, 3.8) is 0 Å². The first-order valence-electron chi connectivity index (χ1n) is 5.09. The van der Waals surface area contributed by atoms with E-state index in [1.807, 2.05) is 6.08 Å². The number of rotatable bonds is 6. The van der Waals surface area contributed by atoms with Crippen molar-refractivity contribution >= 4 is 0 Å². The van der Waals surface area contributed by atoms with Crippen LogP contribution in [0.15, 0.2) is 12.7 Å². The average molecular weight is 184 g/mol. The van der Waals surface area contributed by atoms with Gasteiger partial charge in [-0.05, 0) is 38.5 Å². The summed E-state index contributed by atoms with van der Waals surface area (Å²) in [6, 6.07) is 0. The second-order valence-electron chi connectivity index (χ2n) is 3.86. The fourth-order valence-electron chi connectivity index (χ4n) is 1.92. The molecule has 1 N–H and O–H groups in total. The second kappa shape index (κ2) is 4.77. The predicted molar refractivity (Wildman–Crippen MR) is 53.6 cm³/mol. The highest BCUT2D eigenvalue weighted by Gasteiger charge is 2.43. The van der Waals surface area contributed by atoms with Crippen LogP contribution in [0.2, 0.25) is 0 Å². The molecule has 0 spiro atoms. The highest BCUT2D eigenvalue weighted by Crippen LogP contribution is 2.39. The van der Waals surface area contributed by atoms with E-state index in [0.717, 1.165) is 32.1 Å². The maximum absolute atomic E-state index is 9.89. The van der Waals surface area contributed by atoms with E-state index in [4.69, 9.17) is 4.74 Å². The van der Waals surface area contributed by atoms with Crippen molar-refractivity contribution in [2.24, 2.45) is 0 Å². The van der Waals surface area contributed by atoms with Crippen molar-refractivity contribution in [2.45, 2.75) is 50.2 Å². The lowest BCUT2D eigenvalue weighted by atomic mass is 9.74. The zero-order chi connectivity index (χ0) is 9.73. The van der Waals surface area contributed by atoms with E-state index in [1.165, 1.54) is 6.42 Å². The number of ether oxygens (including phenoxy) is 1.